The molecule has 0 radical (unpaired) electrons. The van der Waals surface area contributed by atoms with Gasteiger partial charge in [0.2, 0.25) is 5.13 Å². The number of hydrogen-bond donors (Lipinski definition) is 0. The predicted molar refractivity (Wildman–Crippen MR) is 131 cm³/mol. The molecule has 1 amide bonds. The van der Waals surface area contributed by atoms with E-state index >= 15 is 0 Å². The number of benzene rings is 3. The number of ether oxygens (including phenoxy) is 1. The molecule has 8 heteroatoms. The molecule has 5 nitrogen and oxygen atoms in total. The first kappa shape index (κ1) is 21.4. The average Bonchev–Trinajstić information content (AvgIpc) is 3.18. The number of nitrogens with zero attached hydrogens (tertiary/aromatic N) is 3. The van der Waals surface area contributed by atoms with Crippen molar-refractivity contribution in [2.24, 2.45) is 5.10 Å². The van der Waals surface area contributed by atoms with E-state index in [0.29, 0.717) is 27.5 Å². The van der Waals surface area contributed by atoms with Crippen LogP contribution in [-0.4, -0.2) is 23.7 Å². The van der Waals surface area contributed by atoms with E-state index in [1.807, 2.05) is 43.3 Å². The van der Waals surface area contributed by atoms with Crippen molar-refractivity contribution in [3.05, 3.63) is 87.2 Å². The fourth-order valence-electron chi connectivity index (χ4n) is 2.86. The lowest BCUT2D eigenvalue weighted by Crippen LogP contribution is -2.26. The molecule has 0 saturated heterocycles. The van der Waals surface area contributed by atoms with Crippen LogP contribution in [0, 0.1) is 9.39 Å². The van der Waals surface area contributed by atoms with Crippen LogP contribution in [-0.2, 0) is 0 Å². The molecule has 0 aliphatic heterocycles. The molecule has 1 heterocycles. The van der Waals surface area contributed by atoms with Crippen LogP contribution < -0.4 is 9.75 Å². The van der Waals surface area contributed by atoms with Gasteiger partial charge in [0.15, 0.2) is 0 Å². The third-order valence-corrected chi connectivity index (χ3v) is 6.26. The first-order valence-corrected chi connectivity index (χ1v) is 11.4. The van der Waals surface area contributed by atoms with Crippen molar-refractivity contribution in [2.45, 2.75) is 6.92 Å². The van der Waals surface area contributed by atoms with Crippen molar-refractivity contribution in [3.63, 3.8) is 0 Å². The number of carbonyl (C=O) groups excluding carboxylic acids is 1. The quantitative estimate of drug-likeness (QED) is 0.167. The number of hydrogen-bond acceptors (Lipinski definition) is 5. The van der Waals surface area contributed by atoms with Crippen LogP contribution in [0.1, 0.15) is 22.8 Å². The van der Waals surface area contributed by atoms with E-state index in [-0.39, 0.29) is 11.7 Å². The van der Waals surface area contributed by atoms with Crippen molar-refractivity contribution in [3.8, 4) is 5.75 Å². The first-order valence-electron chi connectivity index (χ1n) is 9.47. The van der Waals surface area contributed by atoms with Crippen molar-refractivity contribution < 1.29 is 13.9 Å². The summed E-state index contributed by atoms with van der Waals surface area (Å²) in [5.41, 5.74) is 1.92. The van der Waals surface area contributed by atoms with Gasteiger partial charge in [-0.05, 0) is 89.7 Å². The molecule has 0 aliphatic carbocycles. The summed E-state index contributed by atoms with van der Waals surface area (Å²) in [4.78, 5) is 17.9. The third-order valence-electron chi connectivity index (χ3n) is 4.33. The Morgan fingerprint density at radius 1 is 1.19 bits per heavy atom. The summed E-state index contributed by atoms with van der Waals surface area (Å²) in [5.74, 6) is 0.0995. The SMILES string of the molecule is CCOc1ccc(/C=N/N(C(=O)c2ccccc2I)c2nc3ccc(F)cc3s2)cc1. The van der Waals surface area contributed by atoms with E-state index in [2.05, 4.69) is 32.7 Å². The van der Waals surface area contributed by atoms with Gasteiger partial charge in [0.05, 0.1) is 28.6 Å². The van der Waals surface area contributed by atoms with E-state index in [4.69, 9.17) is 4.74 Å². The Labute approximate surface area is 196 Å². The molecule has 3 aromatic carbocycles. The average molecular weight is 545 g/mol. The fraction of sp³-hybridized carbons (Fsp3) is 0.0870. The largest absolute Gasteiger partial charge is 0.494 e. The number of hydrazone groups is 1. The van der Waals surface area contributed by atoms with Crippen molar-refractivity contribution in [2.75, 3.05) is 11.6 Å². The lowest BCUT2D eigenvalue weighted by atomic mass is 10.2. The van der Waals surface area contributed by atoms with Crippen LogP contribution in [0.4, 0.5) is 9.52 Å². The molecule has 0 spiro atoms. The second-order valence-electron chi connectivity index (χ2n) is 6.45. The van der Waals surface area contributed by atoms with Gasteiger partial charge in [-0.15, -0.1) is 0 Å². The summed E-state index contributed by atoms with van der Waals surface area (Å²) in [6.45, 7) is 2.51. The van der Waals surface area contributed by atoms with E-state index in [9.17, 15) is 9.18 Å². The molecule has 0 unspecified atom stereocenters. The Morgan fingerprint density at radius 2 is 1.97 bits per heavy atom. The number of carbonyl (C=O) groups is 1. The Hall–Kier alpha value is -2.85. The van der Waals surface area contributed by atoms with Gasteiger partial charge in [-0.25, -0.2) is 9.37 Å². The van der Waals surface area contributed by atoms with E-state index in [0.717, 1.165) is 14.9 Å². The minimum Gasteiger partial charge on any atom is -0.494 e. The van der Waals surface area contributed by atoms with Crippen LogP contribution in [0.15, 0.2) is 71.8 Å². The number of halogens is 2. The van der Waals surface area contributed by atoms with Gasteiger partial charge in [0.1, 0.15) is 11.6 Å². The minimum absolute atomic E-state index is 0.313. The first-order chi connectivity index (χ1) is 15.0. The lowest BCUT2D eigenvalue weighted by molar-refractivity contribution is 0.0987. The van der Waals surface area contributed by atoms with Crippen LogP contribution in [0.5, 0.6) is 5.75 Å². The second kappa shape index (κ2) is 9.52. The van der Waals surface area contributed by atoms with Gasteiger partial charge < -0.3 is 4.74 Å². The number of fused-ring (bicyclic) bond motifs is 1. The Bertz CT molecular complexity index is 1260. The zero-order valence-electron chi connectivity index (χ0n) is 16.5. The highest BCUT2D eigenvalue weighted by molar-refractivity contribution is 14.1. The standard InChI is InChI=1S/C23H17FIN3O2S/c1-2-30-17-10-7-15(8-11-17)14-26-28(22(29)18-5-3-4-6-19(18)25)23-27-20-12-9-16(24)13-21(20)31-23/h3-14H,2H2,1H3/b26-14+. The molecule has 31 heavy (non-hydrogen) atoms. The van der Waals surface area contributed by atoms with Gasteiger partial charge >= 0.3 is 0 Å². The summed E-state index contributed by atoms with van der Waals surface area (Å²) in [7, 11) is 0. The van der Waals surface area contributed by atoms with Crippen molar-refractivity contribution >= 4 is 61.4 Å². The third kappa shape index (κ3) is 4.91. The number of aromatic nitrogens is 1. The molecule has 1 aromatic heterocycles. The van der Waals surface area contributed by atoms with Gasteiger partial charge in [-0.2, -0.15) is 10.1 Å². The molecular formula is C23H17FIN3O2S. The van der Waals surface area contributed by atoms with Crippen molar-refractivity contribution in [1.82, 2.24) is 4.98 Å². The highest BCUT2D eigenvalue weighted by atomic mass is 127. The normalized spacial score (nSPS) is 11.2. The minimum atomic E-state index is -0.351. The number of anilines is 1. The predicted octanol–water partition coefficient (Wildman–Crippen LogP) is 6.12. The van der Waals surface area contributed by atoms with E-state index in [1.165, 1.54) is 28.5 Å². The lowest BCUT2D eigenvalue weighted by Gasteiger charge is -2.14. The van der Waals surface area contributed by atoms with Crippen LogP contribution in [0.25, 0.3) is 10.2 Å². The summed E-state index contributed by atoms with van der Waals surface area (Å²) < 4.78 is 20.5. The van der Waals surface area contributed by atoms with E-state index in [1.54, 1.807) is 24.4 Å². The Morgan fingerprint density at radius 3 is 2.71 bits per heavy atom. The van der Waals surface area contributed by atoms with Gasteiger partial charge in [-0.3, -0.25) is 4.79 Å². The van der Waals surface area contributed by atoms with Crippen LogP contribution >= 0.6 is 33.9 Å². The summed E-state index contributed by atoms with van der Waals surface area (Å²) >= 11 is 3.33. The maximum Gasteiger partial charge on any atom is 0.281 e. The molecule has 0 fully saturated rings. The number of amides is 1. The maximum absolute atomic E-state index is 13.6. The Kier molecular flexibility index (Phi) is 6.57. The molecule has 4 rings (SSSR count). The number of thiazole rings is 1. The molecule has 0 N–H and O–H groups in total. The van der Waals surface area contributed by atoms with Crippen molar-refractivity contribution in [1.29, 1.82) is 0 Å². The smallest absolute Gasteiger partial charge is 0.281 e. The maximum atomic E-state index is 13.6. The molecule has 0 atom stereocenters. The highest BCUT2D eigenvalue weighted by Crippen LogP contribution is 2.31. The zero-order chi connectivity index (χ0) is 21.8. The fourth-order valence-corrected chi connectivity index (χ4v) is 4.42. The molecule has 4 aromatic rings. The molecule has 0 saturated carbocycles. The molecule has 0 aliphatic rings. The molecule has 156 valence electrons. The summed E-state index contributed by atoms with van der Waals surface area (Å²) in [6.07, 6.45) is 1.59. The van der Waals surface area contributed by atoms with Gasteiger partial charge in [0, 0.05) is 3.57 Å². The number of rotatable bonds is 6. The zero-order valence-corrected chi connectivity index (χ0v) is 19.4. The van der Waals surface area contributed by atoms with Gasteiger partial charge in [0.25, 0.3) is 5.91 Å². The topological polar surface area (TPSA) is 54.8 Å². The van der Waals surface area contributed by atoms with Crippen LogP contribution in [0.3, 0.4) is 0 Å². The van der Waals surface area contributed by atoms with Crippen LogP contribution in [0.2, 0.25) is 0 Å². The highest BCUT2D eigenvalue weighted by Gasteiger charge is 2.22. The Balaban J connectivity index is 1.72. The summed E-state index contributed by atoms with van der Waals surface area (Å²) in [5, 5.41) is 6.07. The monoisotopic (exact) mass is 545 g/mol. The van der Waals surface area contributed by atoms with E-state index < -0.39 is 0 Å². The molecule has 0 bridgehead atoms. The summed E-state index contributed by atoms with van der Waals surface area (Å²) in [6, 6.07) is 19.0. The molecular weight excluding hydrogens is 528 g/mol. The van der Waals surface area contributed by atoms with Gasteiger partial charge in [-0.1, -0.05) is 23.5 Å². The second-order valence-corrected chi connectivity index (χ2v) is 8.62.